The Kier molecular flexibility index (Phi) is 7.37. The van der Waals surface area contributed by atoms with Crippen molar-refractivity contribution in [3.63, 3.8) is 0 Å². The number of nitrogens with one attached hydrogen (secondary N) is 1. The van der Waals surface area contributed by atoms with Crippen molar-refractivity contribution in [1.82, 2.24) is 10.2 Å². The highest BCUT2D eigenvalue weighted by atomic mass is 32.2. The normalized spacial score (nSPS) is 16.5. The second-order valence-electron chi connectivity index (χ2n) is 7.92. The zero-order chi connectivity index (χ0) is 20.8. The molecule has 1 aliphatic heterocycles. The molecule has 0 aliphatic carbocycles. The minimum Gasteiger partial charge on any atom is -0.355 e. The molecule has 2 amide bonds. The Bertz CT molecular complexity index is 843. The minimum absolute atomic E-state index is 0.0317. The number of nitrogens with zero attached hydrogens (tertiary/aromatic N) is 1. The monoisotopic (exact) mass is 410 g/mol. The maximum atomic E-state index is 12.9. The van der Waals surface area contributed by atoms with Crippen molar-refractivity contribution < 1.29 is 9.59 Å². The predicted molar refractivity (Wildman–Crippen MR) is 119 cm³/mol. The number of thioether (sulfide) groups is 1. The Morgan fingerprint density at radius 2 is 1.72 bits per heavy atom. The molecule has 154 valence electrons. The second kappa shape index (κ2) is 9.97. The molecule has 2 aromatic carbocycles. The van der Waals surface area contributed by atoms with Crippen LogP contribution in [0.15, 0.2) is 47.4 Å². The summed E-state index contributed by atoms with van der Waals surface area (Å²) >= 11 is 1.74. The zero-order valence-corrected chi connectivity index (χ0v) is 18.3. The number of carbonyl (C=O) groups is 2. The minimum atomic E-state index is -0.122. The maximum absolute atomic E-state index is 12.9. The fraction of sp³-hybridized carbons (Fsp3) is 0.417. The molecule has 1 N–H and O–H groups in total. The van der Waals surface area contributed by atoms with E-state index < -0.39 is 0 Å². The van der Waals surface area contributed by atoms with E-state index in [4.69, 9.17) is 0 Å². The van der Waals surface area contributed by atoms with Gasteiger partial charge in [0.15, 0.2) is 0 Å². The molecule has 1 heterocycles. The average Bonchev–Trinajstić information content (AvgIpc) is 2.71. The van der Waals surface area contributed by atoms with Crippen LogP contribution in [0.2, 0.25) is 0 Å². The lowest BCUT2D eigenvalue weighted by Gasteiger charge is -2.32. The van der Waals surface area contributed by atoms with Gasteiger partial charge in [0.2, 0.25) is 5.91 Å². The number of benzene rings is 2. The van der Waals surface area contributed by atoms with E-state index in [-0.39, 0.29) is 17.7 Å². The summed E-state index contributed by atoms with van der Waals surface area (Å²) in [6.07, 6.45) is 1.71. The van der Waals surface area contributed by atoms with Crippen molar-refractivity contribution in [3.05, 3.63) is 64.7 Å². The lowest BCUT2D eigenvalue weighted by molar-refractivity contribution is -0.126. The highest BCUT2D eigenvalue weighted by Crippen LogP contribution is 2.21. The molecule has 0 aromatic heterocycles. The van der Waals surface area contributed by atoms with Crippen molar-refractivity contribution in [2.24, 2.45) is 5.92 Å². The maximum Gasteiger partial charge on any atom is 0.253 e. The van der Waals surface area contributed by atoms with Gasteiger partial charge in [0.05, 0.1) is 5.92 Å². The van der Waals surface area contributed by atoms with E-state index in [9.17, 15) is 9.59 Å². The highest BCUT2D eigenvalue weighted by molar-refractivity contribution is 7.99. The summed E-state index contributed by atoms with van der Waals surface area (Å²) in [7, 11) is 0. The van der Waals surface area contributed by atoms with Crippen LogP contribution >= 0.6 is 11.8 Å². The molecular weight excluding hydrogens is 380 g/mol. The van der Waals surface area contributed by atoms with Crippen molar-refractivity contribution in [3.8, 4) is 0 Å². The van der Waals surface area contributed by atoms with Crippen LogP contribution in [0.5, 0.6) is 0 Å². The molecule has 1 atom stereocenters. The van der Waals surface area contributed by atoms with Gasteiger partial charge in [-0.05, 0) is 57.9 Å². The summed E-state index contributed by atoms with van der Waals surface area (Å²) in [5, 5.41) is 3.05. The van der Waals surface area contributed by atoms with Gasteiger partial charge in [0, 0.05) is 35.8 Å². The molecule has 0 saturated carbocycles. The van der Waals surface area contributed by atoms with E-state index in [1.54, 1.807) is 11.8 Å². The molecular formula is C24H30N2O2S. The average molecular weight is 411 g/mol. The van der Waals surface area contributed by atoms with Gasteiger partial charge >= 0.3 is 0 Å². The summed E-state index contributed by atoms with van der Waals surface area (Å²) < 4.78 is 0. The van der Waals surface area contributed by atoms with Crippen LogP contribution < -0.4 is 5.32 Å². The fourth-order valence-electron chi connectivity index (χ4n) is 3.78. The van der Waals surface area contributed by atoms with E-state index in [1.165, 1.54) is 10.5 Å². The summed E-state index contributed by atoms with van der Waals surface area (Å²) in [4.78, 5) is 28.6. The number of likely N-dealkylation sites (tertiary alicyclic amines) is 1. The second-order valence-corrected chi connectivity index (χ2v) is 9.09. The number of hydrogen-bond donors (Lipinski definition) is 1. The van der Waals surface area contributed by atoms with Crippen molar-refractivity contribution in [2.75, 3.05) is 25.4 Å². The molecule has 1 unspecified atom stereocenters. The Balaban J connectivity index is 1.48. The van der Waals surface area contributed by atoms with Crippen molar-refractivity contribution in [2.45, 2.75) is 38.5 Å². The van der Waals surface area contributed by atoms with Crippen LogP contribution in [0.3, 0.4) is 0 Å². The molecule has 2 aromatic rings. The van der Waals surface area contributed by atoms with Crippen molar-refractivity contribution in [1.29, 1.82) is 0 Å². The summed E-state index contributed by atoms with van der Waals surface area (Å²) in [6.45, 7) is 7.95. The summed E-state index contributed by atoms with van der Waals surface area (Å²) in [5.74, 6) is 0.812. The molecule has 1 aliphatic rings. The zero-order valence-electron chi connectivity index (χ0n) is 17.5. The molecule has 0 radical (unpaired) electrons. The Morgan fingerprint density at radius 1 is 1.03 bits per heavy atom. The molecule has 0 bridgehead atoms. The van der Waals surface area contributed by atoms with Crippen LogP contribution in [0.1, 0.15) is 39.9 Å². The van der Waals surface area contributed by atoms with E-state index in [1.807, 2.05) is 30.9 Å². The SMILES string of the molecule is Cc1ccc(SCCNC(=O)C2CCCN(C(=O)c3cc(C)cc(C)c3)C2)cc1. The smallest absolute Gasteiger partial charge is 0.253 e. The van der Waals surface area contributed by atoms with Gasteiger partial charge in [-0.1, -0.05) is 34.9 Å². The third-order valence-electron chi connectivity index (χ3n) is 5.24. The van der Waals surface area contributed by atoms with E-state index in [2.05, 4.69) is 42.6 Å². The molecule has 29 heavy (non-hydrogen) atoms. The van der Waals surface area contributed by atoms with Crippen LogP contribution in [0.4, 0.5) is 0 Å². The van der Waals surface area contributed by atoms with E-state index in [0.717, 1.165) is 41.8 Å². The Morgan fingerprint density at radius 3 is 2.41 bits per heavy atom. The highest BCUT2D eigenvalue weighted by Gasteiger charge is 2.28. The molecule has 4 nitrogen and oxygen atoms in total. The molecule has 1 fully saturated rings. The number of hydrogen-bond acceptors (Lipinski definition) is 3. The van der Waals surface area contributed by atoms with Crippen LogP contribution in [-0.4, -0.2) is 42.1 Å². The van der Waals surface area contributed by atoms with Crippen LogP contribution in [0.25, 0.3) is 0 Å². The number of carbonyl (C=O) groups excluding carboxylic acids is 2. The quantitative estimate of drug-likeness (QED) is 0.568. The van der Waals surface area contributed by atoms with Gasteiger partial charge in [0.25, 0.3) is 5.91 Å². The van der Waals surface area contributed by atoms with E-state index in [0.29, 0.717) is 13.1 Å². The Labute approximate surface area is 178 Å². The van der Waals surface area contributed by atoms with Gasteiger partial charge in [-0.25, -0.2) is 0 Å². The first kappa shape index (κ1) is 21.4. The first-order chi connectivity index (χ1) is 13.9. The number of amides is 2. The standard InChI is InChI=1S/C24H30N2O2S/c1-17-6-8-22(9-7-17)29-12-10-25-23(27)20-5-4-11-26(16-20)24(28)21-14-18(2)13-19(3)15-21/h6-9,13-15,20H,4-5,10-12,16H2,1-3H3,(H,25,27). The number of piperidine rings is 1. The van der Waals surface area contributed by atoms with Gasteiger partial charge < -0.3 is 10.2 Å². The first-order valence-corrected chi connectivity index (χ1v) is 11.3. The van der Waals surface area contributed by atoms with Gasteiger partial charge in [-0.2, -0.15) is 0 Å². The third kappa shape index (κ3) is 6.10. The van der Waals surface area contributed by atoms with Crippen LogP contribution in [0, 0.1) is 26.7 Å². The lowest BCUT2D eigenvalue weighted by Crippen LogP contribution is -2.45. The van der Waals surface area contributed by atoms with Gasteiger partial charge in [-0.15, -0.1) is 11.8 Å². The molecule has 1 saturated heterocycles. The summed E-state index contributed by atoms with van der Waals surface area (Å²) in [5.41, 5.74) is 4.15. The van der Waals surface area contributed by atoms with Crippen molar-refractivity contribution >= 4 is 23.6 Å². The number of rotatable bonds is 6. The lowest BCUT2D eigenvalue weighted by atomic mass is 9.96. The molecule has 5 heteroatoms. The topological polar surface area (TPSA) is 49.4 Å². The van der Waals surface area contributed by atoms with E-state index >= 15 is 0 Å². The fourth-order valence-corrected chi connectivity index (χ4v) is 4.55. The number of aryl methyl sites for hydroxylation is 3. The molecule has 0 spiro atoms. The van der Waals surface area contributed by atoms with Gasteiger partial charge in [0.1, 0.15) is 0 Å². The predicted octanol–water partition coefficient (Wildman–Crippen LogP) is 4.37. The Hall–Kier alpha value is -2.27. The largest absolute Gasteiger partial charge is 0.355 e. The van der Waals surface area contributed by atoms with Crippen LogP contribution in [-0.2, 0) is 4.79 Å². The summed E-state index contributed by atoms with van der Waals surface area (Å²) in [6, 6.07) is 14.4. The third-order valence-corrected chi connectivity index (χ3v) is 6.25. The van der Waals surface area contributed by atoms with Gasteiger partial charge in [-0.3, -0.25) is 9.59 Å². The first-order valence-electron chi connectivity index (χ1n) is 10.3. The molecule has 3 rings (SSSR count).